The summed E-state index contributed by atoms with van der Waals surface area (Å²) in [6.45, 7) is 6.40. The highest BCUT2D eigenvalue weighted by atomic mass is 32.2. The minimum absolute atomic E-state index is 0.126. The third kappa shape index (κ3) is 5.75. The van der Waals surface area contributed by atoms with Gasteiger partial charge in [-0.15, -0.1) is 0 Å². The van der Waals surface area contributed by atoms with E-state index in [-0.39, 0.29) is 5.75 Å². The zero-order chi connectivity index (χ0) is 15.4. The summed E-state index contributed by atoms with van der Waals surface area (Å²) in [7, 11) is -3.43. The van der Waals surface area contributed by atoms with Crippen LogP contribution in [0, 0.1) is 0 Å². The lowest BCUT2D eigenvalue weighted by atomic mass is 10.2. The maximum absolute atomic E-state index is 11.9. The van der Waals surface area contributed by atoms with Crippen LogP contribution < -0.4 is 4.72 Å². The highest BCUT2D eigenvalue weighted by Gasteiger charge is 2.19. The first-order valence-electron chi connectivity index (χ1n) is 6.32. The molecule has 20 heavy (non-hydrogen) atoms. The fraction of sp³-hybridized carbons (Fsp3) is 0.462. The summed E-state index contributed by atoms with van der Waals surface area (Å²) in [4.78, 5) is 11.3. The number of anilines is 1. The van der Waals surface area contributed by atoms with Gasteiger partial charge in [-0.1, -0.05) is 19.6 Å². The Labute approximate surface area is 121 Å². The first-order valence-corrected chi connectivity index (χ1v) is 11.7. The molecule has 1 aromatic carbocycles. The van der Waals surface area contributed by atoms with E-state index in [1.807, 2.05) is 0 Å². The van der Waals surface area contributed by atoms with Gasteiger partial charge in [0.05, 0.1) is 18.4 Å². The Balaban J connectivity index is 2.71. The Morgan fingerprint density at radius 1 is 1.20 bits per heavy atom. The maximum Gasteiger partial charge on any atom is 0.337 e. The SMILES string of the molecule is COC(=O)c1ccc(NS(=O)(=O)CC[Si](C)(C)C)cc1. The van der Waals surface area contributed by atoms with Gasteiger partial charge in [-0.2, -0.15) is 0 Å². The number of sulfonamides is 1. The summed E-state index contributed by atoms with van der Waals surface area (Å²) in [6.07, 6.45) is 0. The second kappa shape index (κ2) is 6.40. The van der Waals surface area contributed by atoms with E-state index in [0.29, 0.717) is 17.3 Å². The number of carbonyl (C=O) groups is 1. The second-order valence-corrected chi connectivity index (χ2v) is 13.3. The van der Waals surface area contributed by atoms with Gasteiger partial charge in [-0.25, -0.2) is 13.2 Å². The highest BCUT2D eigenvalue weighted by molar-refractivity contribution is 7.92. The molecule has 0 fully saturated rings. The molecule has 1 rings (SSSR count). The van der Waals surface area contributed by atoms with Crippen molar-refractivity contribution >= 4 is 29.8 Å². The molecule has 0 saturated heterocycles. The van der Waals surface area contributed by atoms with Crippen LogP contribution in [0.15, 0.2) is 24.3 Å². The van der Waals surface area contributed by atoms with Gasteiger partial charge in [0.15, 0.2) is 0 Å². The number of rotatable bonds is 6. The standard InChI is InChI=1S/C13H21NO4SSi/c1-18-13(15)11-5-7-12(8-6-11)14-19(16,17)9-10-20(2,3)4/h5-8,14H,9-10H2,1-4H3. The van der Waals surface area contributed by atoms with Crippen molar-refractivity contribution in [1.29, 1.82) is 0 Å². The number of hydrogen-bond donors (Lipinski definition) is 1. The first-order chi connectivity index (χ1) is 9.13. The summed E-state index contributed by atoms with van der Waals surface area (Å²) >= 11 is 0. The number of ether oxygens (including phenoxy) is 1. The molecule has 0 aliphatic carbocycles. The van der Waals surface area contributed by atoms with E-state index >= 15 is 0 Å². The van der Waals surface area contributed by atoms with Crippen molar-refractivity contribution < 1.29 is 17.9 Å². The molecule has 5 nitrogen and oxygen atoms in total. The van der Waals surface area contributed by atoms with Gasteiger partial charge in [-0.05, 0) is 30.3 Å². The largest absolute Gasteiger partial charge is 0.465 e. The normalized spacial score (nSPS) is 12.0. The number of hydrogen-bond acceptors (Lipinski definition) is 4. The number of carbonyl (C=O) groups excluding carboxylic acids is 1. The molecule has 0 aliphatic rings. The molecule has 0 heterocycles. The fourth-order valence-electron chi connectivity index (χ4n) is 1.46. The molecule has 0 aliphatic heterocycles. The molecule has 7 heteroatoms. The van der Waals surface area contributed by atoms with Crippen molar-refractivity contribution in [2.75, 3.05) is 17.6 Å². The molecule has 0 amide bonds. The van der Waals surface area contributed by atoms with Crippen LogP contribution in [0.4, 0.5) is 5.69 Å². The van der Waals surface area contributed by atoms with Crippen LogP contribution in [0.25, 0.3) is 0 Å². The molecule has 1 N–H and O–H groups in total. The topological polar surface area (TPSA) is 72.5 Å². The highest BCUT2D eigenvalue weighted by Crippen LogP contribution is 2.15. The van der Waals surface area contributed by atoms with E-state index in [0.717, 1.165) is 0 Å². The summed E-state index contributed by atoms with van der Waals surface area (Å²) in [6, 6.07) is 6.88. The average Bonchev–Trinajstić information content (AvgIpc) is 2.35. The second-order valence-electron chi connectivity index (χ2n) is 5.80. The summed E-state index contributed by atoms with van der Waals surface area (Å²) in [5.41, 5.74) is 0.839. The number of benzene rings is 1. The van der Waals surface area contributed by atoms with Crippen molar-refractivity contribution in [1.82, 2.24) is 0 Å². The van der Waals surface area contributed by atoms with E-state index in [1.54, 1.807) is 12.1 Å². The van der Waals surface area contributed by atoms with Crippen molar-refractivity contribution in [2.45, 2.75) is 25.7 Å². The Kier molecular flexibility index (Phi) is 5.35. The summed E-state index contributed by atoms with van der Waals surface area (Å²) < 4.78 is 31.0. The fourth-order valence-corrected chi connectivity index (χ4v) is 5.59. The summed E-state index contributed by atoms with van der Waals surface area (Å²) in [5.74, 6) is -0.320. The third-order valence-electron chi connectivity index (χ3n) is 2.70. The van der Waals surface area contributed by atoms with Crippen molar-refractivity contribution in [3.8, 4) is 0 Å². The summed E-state index contributed by atoms with van der Waals surface area (Å²) in [5, 5.41) is 0. The molecule has 112 valence electrons. The Bertz CT molecular complexity index is 561. The molecule has 0 bridgehead atoms. The van der Waals surface area contributed by atoms with Crippen LogP contribution in [-0.2, 0) is 14.8 Å². The number of esters is 1. The Hall–Kier alpha value is -1.34. The van der Waals surface area contributed by atoms with Crippen LogP contribution in [0.2, 0.25) is 25.7 Å². The smallest absolute Gasteiger partial charge is 0.337 e. The van der Waals surface area contributed by atoms with Gasteiger partial charge < -0.3 is 4.74 Å². The van der Waals surface area contributed by atoms with Crippen molar-refractivity contribution in [2.24, 2.45) is 0 Å². The molecular formula is C13H21NO4SSi. The quantitative estimate of drug-likeness (QED) is 0.647. The number of nitrogens with one attached hydrogen (secondary N) is 1. The minimum Gasteiger partial charge on any atom is -0.465 e. The van der Waals surface area contributed by atoms with Gasteiger partial charge in [0.2, 0.25) is 10.0 Å². The molecular weight excluding hydrogens is 294 g/mol. The average molecular weight is 315 g/mol. The van der Waals surface area contributed by atoms with Crippen LogP contribution in [0.1, 0.15) is 10.4 Å². The molecule has 0 radical (unpaired) electrons. The lowest BCUT2D eigenvalue weighted by Crippen LogP contribution is -2.26. The zero-order valence-electron chi connectivity index (χ0n) is 12.3. The van der Waals surface area contributed by atoms with E-state index < -0.39 is 24.1 Å². The van der Waals surface area contributed by atoms with Crippen molar-refractivity contribution in [3.05, 3.63) is 29.8 Å². The molecule has 1 aromatic rings. The van der Waals surface area contributed by atoms with E-state index in [9.17, 15) is 13.2 Å². The zero-order valence-corrected chi connectivity index (χ0v) is 14.1. The first kappa shape index (κ1) is 16.7. The predicted molar refractivity (Wildman–Crippen MR) is 83.3 cm³/mol. The monoisotopic (exact) mass is 315 g/mol. The minimum atomic E-state index is -3.34. The van der Waals surface area contributed by atoms with E-state index in [4.69, 9.17) is 0 Å². The van der Waals surface area contributed by atoms with Gasteiger partial charge in [0.25, 0.3) is 0 Å². The van der Waals surface area contributed by atoms with Crippen LogP contribution >= 0.6 is 0 Å². The number of methoxy groups -OCH3 is 1. The molecule has 0 unspecified atom stereocenters. The molecule has 0 spiro atoms. The predicted octanol–water partition coefficient (Wildman–Crippen LogP) is 2.55. The van der Waals surface area contributed by atoms with Crippen molar-refractivity contribution in [3.63, 3.8) is 0 Å². The van der Waals surface area contributed by atoms with E-state index in [2.05, 4.69) is 29.1 Å². The lowest BCUT2D eigenvalue weighted by Gasteiger charge is -2.16. The van der Waals surface area contributed by atoms with Crippen LogP contribution in [-0.4, -0.2) is 35.3 Å². The Morgan fingerprint density at radius 3 is 2.20 bits per heavy atom. The Morgan fingerprint density at radius 2 is 1.75 bits per heavy atom. The van der Waals surface area contributed by atoms with E-state index in [1.165, 1.54) is 19.2 Å². The van der Waals surface area contributed by atoms with Gasteiger partial charge in [0, 0.05) is 13.8 Å². The van der Waals surface area contributed by atoms with Crippen LogP contribution in [0.5, 0.6) is 0 Å². The van der Waals surface area contributed by atoms with Crippen LogP contribution in [0.3, 0.4) is 0 Å². The van der Waals surface area contributed by atoms with Gasteiger partial charge in [-0.3, -0.25) is 4.72 Å². The third-order valence-corrected chi connectivity index (χ3v) is 6.10. The molecule has 0 atom stereocenters. The van der Waals surface area contributed by atoms with Gasteiger partial charge >= 0.3 is 5.97 Å². The molecule has 0 aromatic heterocycles. The lowest BCUT2D eigenvalue weighted by molar-refractivity contribution is 0.0601. The molecule has 0 saturated carbocycles. The van der Waals surface area contributed by atoms with Gasteiger partial charge in [0.1, 0.15) is 0 Å². The maximum atomic E-state index is 11.9.